The van der Waals surface area contributed by atoms with Gasteiger partial charge in [0.15, 0.2) is 0 Å². The van der Waals surface area contributed by atoms with Crippen LogP contribution in [0.25, 0.3) is 0 Å². The second-order valence-corrected chi connectivity index (χ2v) is 4.99. The monoisotopic (exact) mass is 258 g/mol. The topological polar surface area (TPSA) is 73.4 Å². The van der Waals surface area contributed by atoms with Crippen molar-refractivity contribution < 1.29 is 4.79 Å². The molecule has 1 atom stereocenters. The molecule has 0 aliphatic carbocycles. The lowest BCUT2D eigenvalue weighted by Crippen LogP contribution is -2.46. The molecule has 0 spiro atoms. The number of nitrogens with two attached hydrogens (primary N) is 1. The van der Waals surface area contributed by atoms with E-state index in [2.05, 4.69) is 13.0 Å². The fourth-order valence-corrected chi connectivity index (χ4v) is 2.23. The first-order chi connectivity index (χ1) is 9.06. The highest BCUT2D eigenvalue weighted by molar-refractivity contribution is 6.03. The molecule has 0 saturated carbocycles. The fraction of sp³-hybridized carbons (Fsp3) is 0.429. The Morgan fingerprint density at radius 1 is 1.47 bits per heavy atom. The third-order valence-corrected chi connectivity index (χ3v) is 3.44. The Kier molecular flexibility index (Phi) is 3.72. The Hall–Kier alpha value is -2.06. The van der Waals surface area contributed by atoms with Crippen LogP contribution in [0.15, 0.2) is 18.2 Å². The third-order valence-electron chi connectivity index (χ3n) is 3.44. The number of rotatable bonds is 3. The van der Waals surface area contributed by atoms with Crippen LogP contribution >= 0.6 is 0 Å². The second kappa shape index (κ2) is 5.29. The lowest BCUT2D eigenvalue weighted by molar-refractivity contribution is -0.117. The predicted molar refractivity (Wildman–Crippen MR) is 75.0 cm³/mol. The van der Waals surface area contributed by atoms with Gasteiger partial charge in [-0.2, -0.15) is 5.26 Å². The van der Waals surface area contributed by atoms with Crippen LogP contribution in [0.3, 0.4) is 0 Å². The van der Waals surface area contributed by atoms with E-state index in [0.29, 0.717) is 24.6 Å². The molecule has 1 aliphatic rings. The van der Waals surface area contributed by atoms with E-state index in [0.717, 1.165) is 17.9 Å². The van der Waals surface area contributed by atoms with Crippen LogP contribution in [-0.4, -0.2) is 32.6 Å². The molecule has 0 aromatic heterocycles. The molecule has 2 N–H and O–H groups in total. The minimum absolute atomic E-state index is 0.0341. The Balaban J connectivity index is 2.39. The maximum absolute atomic E-state index is 12.0. The second-order valence-electron chi connectivity index (χ2n) is 4.99. The van der Waals surface area contributed by atoms with Crippen molar-refractivity contribution in [3.8, 4) is 6.07 Å². The lowest BCUT2D eigenvalue weighted by atomic mass is 10.1. The largest absolute Gasteiger partial charge is 0.360 e. The number of amides is 1. The van der Waals surface area contributed by atoms with Crippen LogP contribution < -0.4 is 15.5 Å². The van der Waals surface area contributed by atoms with E-state index in [9.17, 15) is 4.79 Å². The summed E-state index contributed by atoms with van der Waals surface area (Å²) in [5.41, 5.74) is 7.99. The van der Waals surface area contributed by atoms with E-state index in [1.807, 2.05) is 11.0 Å². The highest BCUT2D eigenvalue weighted by atomic mass is 16.2. The van der Waals surface area contributed by atoms with Crippen LogP contribution in [0.4, 0.5) is 11.4 Å². The molecule has 100 valence electrons. The highest BCUT2D eigenvalue weighted by Crippen LogP contribution is 2.33. The summed E-state index contributed by atoms with van der Waals surface area (Å²) >= 11 is 0. The molecular weight excluding hydrogens is 240 g/mol. The van der Waals surface area contributed by atoms with Crippen molar-refractivity contribution >= 4 is 17.3 Å². The van der Waals surface area contributed by atoms with Gasteiger partial charge in [0, 0.05) is 13.6 Å². The summed E-state index contributed by atoms with van der Waals surface area (Å²) in [5, 5.41) is 8.96. The number of carbonyl (C=O) groups is 1. The summed E-state index contributed by atoms with van der Waals surface area (Å²) in [4.78, 5) is 15.7. The number of nitrogens with zero attached hydrogens (tertiary/aromatic N) is 3. The van der Waals surface area contributed by atoms with Crippen molar-refractivity contribution in [1.82, 2.24) is 0 Å². The first kappa shape index (κ1) is 13.4. The zero-order valence-electron chi connectivity index (χ0n) is 11.3. The van der Waals surface area contributed by atoms with Gasteiger partial charge in [0.1, 0.15) is 0 Å². The van der Waals surface area contributed by atoms with Gasteiger partial charge in [-0.1, -0.05) is 6.92 Å². The summed E-state index contributed by atoms with van der Waals surface area (Å²) in [7, 11) is 1.74. The fourth-order valence-electron chi connectivity index (χ4n) is 2.23. The molecule has 1 amide bonds. The summed E-state index contributed by atoms with van der Waals surface area (Å²) in [5.74, 6) is 0.353. The summed E-state index contributed by atoms with van der Waals surface area (Å²) in [6.07, 6.45) is 0. The zero-order valence-corrected chi connectivity index (χ0v) is 11.3. The molecular formula is C14H18N4O. The number of nitriles is 1. The van der Waals surface area contributed by atoms with Crippen LogP contribution in [0.1, 0.15) is 12.5 Å². The molecule has 0 radical (unpaired) electrons. The van der Waals surface area contributed by atoms with E-state index in [4.69, 9.17) is 11.0 Å². The summed E-state index contributed by atoms with van der Waals surface area (Å²) in [6.45, 7) is 3.76. The minimum Gasteiger partial charge on any atom is -0.360 e. The van der Waals surface area contributed by atoms with Crippen molar-refractivity contribution in [2.75, 3.05) is 36.5 Å². The minimum atomic E-state index is 0.0341. The maximum Gasteiger partial charge on any atom is 0.246 e. The third kappa shape index (κ3) is 2.54. The van der Waals surface area contributed by atoms with Gasteiger partial charge < -0.3 is 15.5 Å². The number of benzene rings is 1. The van der Waals surface area contributed by atoms with Gasteiger partial charge in [-0.3, -0.25) is 4.79 Å². The van der Waals surface area contributed by atoms with Gasteiger partial charge >= 0.3 is 0 Å². The molecule has 0 saturated heterocycles. The van der Waals surface area contributed by atoms with Gasteiger partial charge in [-0.15, -0.1) is 0 Å². The van der Waals surface area contributed by atoms with Crippen LogP contribution in [0, 0.1) is 17.2 Å². The Morgan fingerprint density at radius 3 is 2.84 bits per heavy atom. The van der Waals surface area contributed by atoms with E-state index < -0.39 is 0 Å². The summed E-state index contributed by atoms with van der Waals surface area (Å²) < 4.78 is 0. The van der Waals surface area contributed by atoms with Crippen molar-refractivity contribution in [1.29, 1.82) is 5.26 Å². The van der Waals surface area contributed by atoms with Crippen LogP contribution in [0.5, 0.6) is 0 Å². The standard InChI is InChI=1S/C14H18N4O/c1-10(6-15)8-18-9-14(19)17(2)13-5-11(7-16)3-4-12(13)18/h3-5,10H,6,8-9,15H2,1-2H3. The van der Waals surface area contributed by atoms with Crippen LogP contribution in [-0.2, 0) is 4.79 Å². The Morgan fingerprint density at radius 2 is 2.21 bits per heavy atom. The Labute approximate surface area is 113 Å². The number of hydrogen-bond donors (Lipinski definition) is 1. The van der Waals surface area contributed by atoms with E-state index in [1.165, 1.54) is 0 Å². The molecule has 1 heterocycles. The van der Waals surface area contributed by atoms with Crippen molar-refractivity contribution in [3.05, 3.63) is 23.8 Å². The number of hydrogen-bond acceptors (Lipinski definition) is 4. The normalized spacial score (nSPS) is 16.0. The average Bonchev–Trinajstić information content (AvgIpc) is 2.43. The van der Waals surface area contributed by atoms with Crippen LogP contribution in [0.2, 0.25) is 0 Å². The Bertz CT molecular complexity index is 535. The molecule has 1 aliphatic heterocycles. The zero-order chi connectivity index (χ0) is 14.0. The van der Waals surface area contributed by atoms with Gasteiger partial charge in [0.2, 0.25) is 5.91 Å². The van der Waals surface area contributed by atoms with E-state index >= 15 is 0 Å². The number of anilines is 2. The molecule has 5 heteroatoms. The highest BCUT2D eigenvalue weighted by Gasteiger charge is 2.27. The molecule has 0 bridgehead atoms. The SMILES string of the molecule is CC(CN)CN1CC(=O)N(C)c2cc(C#N)ccc21. The molecule has 2 rings (SSSR count). The van der Waals surface area contributed by atoms with Gasteiger partial charge in [-0.25, -0.2) is 0 Å². The predicted octanol–water partition coefficient (Wildman–Crippen LogP) is 0.936. The average molecular weight is 258 g/mol. The van der Waals surface area contributed by atoms with Gasteiger partial charge in [-0.05, 0) is 30.7 Å². The first-order valence-electron chi connectivity index (χ1n) is 6.32. The smallest absolute Gasteiger partial charge is 0.246 e. The maximum atomic E-state index is 12.0. The number of carbonyl (C=O) groups excluding carboxylic acids is 1. The molecule has 1 unspecified atom stereocenters. The van der Waals surface area contributed by atoms with Crippen molar-refractivity contribution in [3.63, 3.8) is 0 Å². The lowest BCUT2D eigenvalue weighted by Gasteiger charge is -2.36. The molecule has 1 aromatic carbocycles. The van der Waals surface area contributed by atoms with Gasteiger partial charge in [0.05, 0.1) is 29.6 Å². The van der Waals surface area contributed by atoms with Gasteiger partial charge in [0.25, 0.3) is 0 Å². The first-order valence-corrected chi connectivity index (χ1v) is 6.32. The number of fused-ring (bicyclic) bond motifs is 1. The molecule has 1 aromatic rings. The molecule has 19 heavy (non-hydrogen) atoms. The molecule has 5 nitrogen and oxygen atoms in total. The van der Waals surface area contributed by atoms with E-state index in [1.54, 1.807) is 24.1 Å². The molecule has 0 fully saturated rings. The summed E-state index contributed by atoms with van der Waals surface area (Å²) in [6, 6.07) is 7.54. The van der Waals surface area contributed by atoms with Crippen molar-refractivity contribution in [2.24, 2.45) is 11.7 Å². The van der Waals surface area contributed by atoms with E-state index in [-0.39, 0.29) is 5.91 Å². The van der Waals surface area contributed by atoms with Crippen molar-refractivity contribution in [2.45, 2.75) is 6.92 Å². The number of likely N-dealkylation sites (N-methyl/N-ethyl adjacent to an activating group) is 1. The quantitative estimate of drug-likeness (QED) is 0.875.